The second-order valence-corrected chi connectivity index (χ2v) is 8.42. The van der Waals surface area contributed by atoms with E-state index in [1.165, 1.54) is 13.3 Å². The molecule has 2 fully saturated rings. The molecule has 2 aromatic rings. The summed E-state index contributed by atoms with van der Waals surface area (Å²) >= 11 is 0. The number of fused-ring (bicyclic) bond motifs is 2. The second kappa shape index (κ2) is 6.62. The summed E-state index contributed by atoms with van der Waals surface area (Å²) < 4.78 is 33.4. The first kappa shape index (κ1) is 17.4. The summed E-state index contributed by atoms with van der Waals surface area (Å²) in [5.41, 5.74) is 0.505. The van der Waals surface area contributed by atoms with Gasteiger partial charge in [0.05, 0.1) is 19.0 Å². The molecular weight excluding hydrogens is 358 g/mol. The van der Waals surface area contributed by atoms with Gasteiger partial charge in [-0.2, -0.15) is 4.31 Å². The van der Waals surface area contributed by atoms with E-state index in [0.717, 1.165) is 12.8 Å². The number of likely N-dealkylation sites (tertiary alicyclic amines) is 1. The number of ether oxygens (including phenoxy) is 1. The number of benzene rings is 1. The number of sulfonamides is 1. The molecule has 0 saturated carbocycles. The quantitative estimate of drug-likeness (QED) is 0.770. The molecule has 2 N–H and O–H groups in total. The summed E-state index contributed by atoms with van der Waals surface area (Å²) in [6.45, 7) is 0.899. The zero-order valence-electron chi connectivity index (χ0n) is 14.3. The van der Waals surface area contributed by atoms with Crippen molar-refractivity contribution >= 4 is 10.0 Å². The van der Waals surface area contributed by atoms with Gasteiger partial charge in [0.2, 0.25) is 10.0 Å². The molecule has 3 heterocycles. The number of nitrogens with zero attached hydrogens (tertiary/aromatic N) is 4. The molecule has 3 atom stereocenters. The Morgan fingerprint density at radius 3 is 2.58 bits per heavy atom. The normalized spacial score (nSPS) is 25.3. The fourth-order valence-corrected chi connectivity index (χ4v) is 5.97. The highest BCUT2D eigenvalue weighted by Gasteiger charge is 2.48. The smallest absolute Gasteiger partial charge is 0.247 e. The van der Waals surface area contributed by atoms with Gasteiger partial charge in [0.25, 0.3) is 0 Å². The number of aliphatic hydroxyl groups is 1. The predicted octanol–water partition coefficient (Wildman–Crippen LogP) is 0.342. The molecule has 9 nitrogen and oxygen atoms in total. The number of H-pyrrole nitrogens is 1. The molecule has 2 bridgehead atoms. The molecule has 4 rings (SSSR count). The summed E-state index contributed by atoms with van der Waals surface area (Å²) in [5, 5.41) is 20.5. The third-order valence-corrected chi connectivity index (χ3v) is 7.17. The number of rotatable bonds is 5. The van der Waals surface area contributed by atoms with Crippen LogP contribution in [0.1, 0.15) is 24.8 Å². The van der Waals surface area contributed by atoms with Gasteiger partial charge in [-0.3, -0.25) is 10.00 Å². The summed E-state index contributed by atoms with van der Waals surface area (Å²) in [6.07, 6.45) is 2.14. The largest absolute Gasteiger partial charge is 0.495 e. The molecular formula is C16H21N5O4S. The number of nitrogens with one attached hydrogen (secondary N) is 1. The third-order valence-electron chi connectivity index (χ3n) is 5.13. The molecule has 0 spiro atoms. The van der Waals surface area contributed by atoms with Gasteiger partial charge in [-0.05, 0) is 25.0 Å². The fourth-order valence-electron chi connectivity index (χ4n) is 3.96. The van der Waals surface area contributed by atoms with Gasteiger partial charge in [0.1, 0.15) is 10.6 Å². The summed E-state index contributed by atoms with van der Waals surface area (Å²) in [7, 11) is -2.21. The number of hydrogen-bond donors (Lipinski definition) is 2. The van der Waals surface area contributed by atoms with Crippen LogP contribution in [0.4, 0.5) is 0 Å². The zero-order valence-corrected chi connectivity index (χ0v) is 15.1. The lowest BCUT2D eigenvalue weighted by Crippen LogP contribution is -2.56. The number of hydrogen-bond acceptors (Lipinski definition) is 7. The summed E-state index contributed by atoms with van der Waals surface area (Å²) in [6, 6.07) is 6.30. The molecule has 0 radical (unpaired) electrons. The second-order valence-electron chi connectivity index (χ2n) is 6.61. The lowest BCUT2D eigenvalue weighted by atomic mass is 10.2. The van der Waals surface area contributed by atoms with E-state index in [1.54, 1.807) is 28.6 Å². The van der Waals surface area contributed by atoms with Crippen molar-refractivity contribution in [3.63, 3.8) is 0 Å². The Morgan fingerprint density at radius 2 is 1.96 bits per heavy atom. The van der Waals surface area contributed by atoms with Crippen molar-refractivity contribution in [1.29, 1.82) is 0 Å². The number of aliphatic hydroxyl groups excluding tert-OH is 1. The minimum Gasteiger partial charge on any atom is -0.495 e. The number of para-hydroxylation sites is 1. The van der Waals surface area contributed by atoms with E-state index in [0.29, 0.717) is 24.5 Å². The van der Waals surface area contributed by atoms with E-state index >= 15 is 0 Å². The first-order valence-corrected chi connectivity index (χ1v) is 9.91. The van der Waals surface area contributed by atoms with Crippen molar-refractivity contribution in [1.82, 2.24) is 24.6 Å². The highest BCUT2D eigenvalue weighted by Crippen LogP contribution is 2.39. The molecule has 0 aliphatic carbocycles. The van der Waals surface area contributed by atoms with E-state index in [4.69, 9.17) is 4.74 Å². The van der Waals surface area contributed by atoms with Gasteiger partial charge in [0, 0.05) is 25.2 Å². The van der Waals surface area contributed by atoms with Crippen LogP contribution >= 0.6 is 0 Å². The predicted molar refractivity (Wildman–Crippen MR) is 91.7 cm³/mol. The van der Waals surface area contributed by atoms with Crippen molar-refractivity contribution in [3.8, 4) is 5.75 Å². The average Bonchev–Trinajstić information content (AvgIpc) is 3.28. The number of aromatic amines is 1. The zero-order chi connectivity index (χ0) is 18.3. The molecule has 2 aliphatic heterocycles. The fraction of sp³-hybridized carbons (Fsp3) is 0.500. The SMILES string of the molecule is COc1ccccc1S(=O)(=O)N1C2CCC1CN(C(O)c1cnn[nH]1)C2. The van der Waals surface area contributed by atoms with Crippen LogP contribution in [-0.2, 0) is 10.0 Å². The molecule has 10 heteroatoms. The van der Waals surface area contributed by atoms with Gasteiger partial charge in [0.15, 0.2) is 6.23 Å². The molecule has 1 aromatic heterocycles. The van der Waals surface area contributed by atoms with Crippen molar-refractivity contribution in [2.75, 3.05) is 20.2 Å². The van der Waals surface area contributed by atoms with Gasteiger partial charge in [-0.25, -0.2) is 8.42 Å². The van der Waals surface area contributed by atoms with Crippen LogP contribution in [0.2, 0.25) is 0 Å². The van der Waals surface area contributed by atoms with E-state index < -0.39 is 16.3 Å². The van der Waals surface area contributed by atoms with Crippen molar-refractivity contribution in [3.05, 3.63) is 36.2 Å². The summed E-state index contributed by atoms with van der Waals surface area (Å²) in [5.74, 6) is 0.345. The Morgan fingerprint density at radius 1 is 1.27 bits per heavy atom. The Balaban J connectivity index is 1.60. The molecule has 1 aromatic carbocycles. The number of piperazine rings is 1. The molecule has 3 unspecified atom stereocenters. The first-order chi connectivity index (χ1) is 12.5. The van der Waals surface area contributed by atoms with Gasteiger partial charge in [-0.1, -0.05) is 17.3 Å². The molecule has 140 valence electrons. The van der Waals surface area contributed by atoms with Crippen LogP contribution in [-0.4, -0.2) is 70.4 Å². The van der Waals surface area contributed by atoms with Crippen LogP contribution in [0.5, 0.6) is 5.75 Å². The standard InChI is InChI=1S/C16H21N5O4S/c1-25-14-4-2-3-5-15(14)26(23,24)21-11-6-7-12(21)10-20(9-11)16(22)13-8-17-19-18-13/h2-5,8,11-12,16,22H,6-7,9-10H2,1H3,(H,17,18,19). The van der Waals surface area contributed by atoms with Crippen molar-refractivity contribution in [2.24, 2.45) is 0 Å². The molecule has 2 saturated heterocycles. The summed E-state index contributed by atoms with van der Waals surface area (Å²) in [4.78, 5) is 2.05. The van der Waals surface area contributed by atoms with E-state index in [1.807, 2.05) is 4.90 Å². The van der Waals surface area contributed by atoms with Gasteiger partial charge >= 0.3 is 0 Å². The Bertz CT molecular complexity index is 859. The molecule has 26 heavy (non-hydrogen) atoms. The number of methoxy groups -OCH3 is 1. The van der Waals surface area contributed by atoms with E-state index in [2.05, 4.69) is 15.4 Å². The highest BCUT2D eigenvalue weighted by atomic mass is 32.2. The van der Waals surface area contributed by atoms with Gasteiger partial charge < -0.3 is 9.84 Å². The van der Waals surface area contributed by atoms with Crippen LogP contribution in [0.15, 0.2) is 35.4 Å². The Kier molecular flexibility index (Phi) is 4.43. The van der Waals surface area contributed by atoms with Crippen molar-refractivity contribution in [2.45, 2.75) is 36.0 Å². The minimum absolute atomic E-state index is 0.186. The van der Waals surface area contributed by atoms with Crippen LogP contribution in [0.3, 0.4) is 0 Å². The monoisotopic (exact) mass is 379 g/mol. The maximum absolute atomic E-state index is 13.3. The lowest BCUT2D eigenvalue weighted by molar-refractivity contribution is -0.0361. The maximum atomic E-state index is 13.3. The number of aromatic nitrogens is 3. The Labute approximate surface area is 151 Å². The van der Waals surface area contributed by atoms with Crippen molar-refractivity contribution < 1.29 is 18.3 Å². The minimum atomic E-state index is -3.68. The Hall–Kier alpha value is -2.01. The molecule has 0 amide bonds. The molecule has 2 aliphatic rings. The van der Waals surface area contributed by atoms with Crippen LogP contribution in [0.25, 0.3) is 0 Å². The maximum Gasteiger partial charge on any atom is 0.247 e. The van der Waals surface area contributed by atoms with E-state index in [9.17, 15) is 13.5 Å². The average molecular weight is 379 g/mol. The van der Waals surface area contributed by atoms with E-state index in [-0.39, 0.29) is 17.0 Å². The first-order valence-electron chi connectivity index (χ1n) is 8.47. The lowest BCUT2D eigenvalue weighted by Gasteiger charge is -2.41. The topological polar surface area (TPSA) is 112 Å². The highest BCUT2D eigenvalue weighted by molar-refractivity contribution is 7.89. The van der Waals surface area contributed by atoms with Crippen LogP contribution < -0.4 is 4.74 Å². The third kappa shape index (κ3) is 2.78. The van der Waals surface area contributed by atoms with Crippen LogP contribution in [0, 0.1) is 0 Å². The van der Waals surface area contributed by atoms with Gasteiger partial charge in [-0.15, -0.1) is 5.10 Å².